The summed E-state index contributed by atoms with van der Waals surface area (Å²) in [4.78, 5) is 0. The monoisotopic (exact) mass is 354 g/mol. The van der Waals surface area contributed by atoms with E-state index in [1.807, 2.05) is 0 Å². The van der Waals surface area contributed by atoms with Crippen LogP contribution in [-0.4, -0.2) is 10.1 Å². The fraction of sp³-hybridized carbons (Fsp3) is 1.00. The van der Waals surface area contributed by atoms with E-state index in [4.69, 9.17) is 17.2 Å². The van der Waals surface area contributed by atoms with Crippen LogP contribution >= 0.6 is 17.2 Å². The summed E-state index contributed by atoms with van der Waals surface area (Å²) in [5, 5.41) is 0. The van der Waals surface area contributed by atoms with Crippen LogP contribution < -0.4 is 0 Å². The summed E-state index contributed by atoms with van der Waals surface area (Å²) in [5.74, 6) is 4.48. The Bertz CT molecular complexity index is 61.6. The summed E-state index contributed by atoms with van der Waals surface area (Å²) in [6, 6.07) is 0. The third kappa shape index (κ3) is 4.16. The van der Waals surface area contributed by atoms with Gasteiger partial charge in [0.1, 0.15) is 0 Å². The van der Waals surface area contributed by atoms with E-state index >= 15 is 0 Å². The number of hydrogen-bond acceptors (Lipinski definition) is 0. The van der Waals surface area contributed by atoms with Gasteiger partial charge in [0.15, 0.2) is 0 Å². The van der Waals surface area contributed by atoms with E-state index in [0.717, 1.165) is 0 Å². The molecule has 0 atom stereocenters. The second-order valence-corrected chi connectivity index (χ2v) is 53.2. The van der Waals surface area contributed by atoms with Crippen molar-refractivity contribution in [2.75, 3.05) is 0 Å². The molecule has 0 saturated carbocycles. The summed E-state index contributed by atoms with van der Waals surface area (Å²) >= 11 is -1.72. The normalized spacial score (nSPS) is 8.00. The van der Waals surface area contributed by atoms with Crippen molar-refractivity contribution in [2.24, 2.45) is 0 Å². The Labute approximate surface area is 54.0 Å². The van der Waals surface area contributed by atoms with Gasteiger partial charge in [0, 0.05) is 0 Å². The summed E-state index contributed by atoms with van der Waals surface area (Å²) in [6.45, 7) is 0. The Morgan fingerprint density at radius 2 is 1.50 bits per heavy atom. The zero-order valence-electron chi connectivity index (χ0n) is 3.76. The third-order valence-electron chi connectivity index (χ3n) is 0.378. The first-order chi connectivity index (χ1) is 2.64. The van der Waals surface area contributed by atoms with Crippen LogP contribution in [0.2, 0.25) is 11.5 Å². The molecule has 0 fully saturated rings. The number of rotatable bonds is 0. The molecule has 0 nitrogen and oxygen atoms in total. The van der Waals surface area contributed by atoms with Crippen LogP contribution in [0.4, 0.5) is 0 Å². The summed E-state index contributed by atoms with van der Waals surface area (Å²) < 4.78 is 0. The van der Waals surface area contributed by atoms with Gasteiger partial charge >= 0.3 is 54.7 Å². The molecule has 0 heterocycles. The fourth-order valence-corrected chi connectivity index (χ4v) is 0. The third-order valence-corrected chi connectivity index (χ3v) is 48.2. The standard InChI is InChI=1S/C2H6Ge.2ClH.Hf/c1-3-2;;;/h1-2H3;2*1H;/q;;;+2/p-2. The van der Waals surface area contributed by atoms with E-state index < -0.39 is 26.0 Å². The van der Waals surface area contributed by atoms with Crippen LogP contribution in [0.1, 0.15) is 0 Å². The molecule has 4 heteroatoms. The van der Waals surface area contributed by atoms with Crippen molar-refractivity contribution in [3.63, 3.8) is 0 Å². The van der Waals surface area contributed by atoms with E-state index in [0.29, 0.717) is 0 Å². The van der Waals surface area contributed by atoms with Crippen molar-refractivity contribution in [1.29, 1.82) is 0 Å². The van der Waals surface area contributed by atoms with Crippen molar-refractivity contribution in [3.8, 4) is 0 Å². The molecule has 0 aliphatic heterocycles. The Kier molecular flexibility index (Phi) is 5.24. The van der Waals surface area contributed by atoms with Gasteiger partial charge in [0.2, 0.25) is 0 Å². The maximum absolute atomic E-state index is 5.67. The first kappa shape index (κ1) is 7.99. The molecule has 0 aliphatic rings. The fourth-order valence-electron chi connectivity index (χ4n) is 0. The molecule has 0 aliphatic carbocycles. The van der Waals surface area contributed by atoms with Gasteiger partial charge < -0.3 is 0 Å². The minimum absolute atomic E-state index is 0.719. The van der Waals surface area contributed by atoms with Gasteiger partial charge in [-0.3, -0.25) is 0 Å². The first-order valence-corrected chi connectivity index (χ1v) is 25.1. The molecule has 0 N–H and O–H groups in total. The number of halogens is 2. The van der Waals surface area contributed by atoms with E-state index in [1.165, 1.54) is 0 Å². The molecule has 0 amide bonds. The van der Waals surface area contributed by atoms with Gasteiger partial charge in [0.25, 0.3) is 0 Å². The van der Waals surface area contributed by atoms with Crippen LogP contribution in [0.15, 0.2) is 0 Å². The molecule has 0 saturated heterocycles. The van der Waals surface area contributed by atoms with Crippen molar-refractivity contribution < 1.29 is 16.0 Å². The Morgan fingerprint density at radius 3 is 1.50 bits per heavy atom. The van der Waals surface area contributed by atoms with Crippen molar-refractivity contribution in [3.05, 3.63) is 0 Å². The van der Waals surface area contributed by atoms with Crippen LogP contribution in [0.3, 0.4) is 0 Å². The molecule has 0 spiro atoms. The van der Waals surface area contributed by atoms with Gasteiger partial charge in [-0.2, -0.15) is 0 Å². The van der Waals surface area contributed by atoms with E-state index in [2.05, 4.69) is 11.5 Å². The second kappa shape index (κ2) is 3.93. The van der Waals surface area contributed by atoms with Crippen LogP contribution in [0.5, 0.6) is 0 Å². The molecule has 0 aromatic carbocycles. The van der Waals surface area contributed by atoms with Gasteiger partial charge in [-0.05, 0) is 0 Å². The molecule has 0 radical (unpaired) electrons. The predicted octanol–water partition coefficient (Wildman–Crippen LogP) is 2.16. The summed E-state index contributed by atoms with van der Waals surface area (Å²) in [6.07, 6.45) is 0. The summed E-state index contributed by atoms with van der Waals surface area (Å²) in [5.41, 5.74) is 0. The molecule has 0 unspecified atom stereocenters. The van der Waals surface area contributed by atoms with Gasteiger partial charge in [-0.25, -0.2) is 0 Å². The molecule has 0 rings (SSSR count). The number of hydrogen-bond donors (Lipinski definition) is 0. The summed E-state index contributed by atoms with van der Waals surface area (Å²) in [7, 11) is 10.6. The molecular weight excluding hydrogens is 346 g/mol. The predicted molar refractivity (Wildman–Crippen MR) is 29.2 cm³/mol. The van der Waals surface area contributed by atoms with Crippen LogP contribution in [0, 0.1) is 0 Å². The van der Waals surface area contributed by atoms with Gasteiger partial charge in [-0.1, -0.05) is 0 Å². The van der Waals surface area contributed by atoms with Gasteiger partial charge in [-0.15, -0.1) is 0 Å². The van der Waals surface area contributed by atoms with Crippen molar-refractivity contribution in [2.45, 2.75) is 11.5 Å². The zero-order chi connectivity index (χ0) is 5.15. The Balaban J connectivity index is 3.68. The van der Waals surface area contributed by atoms with E-state index in [9.17, 15) is 0 Å². The molecule has 36 valence electrons. The molecule has 0 bridgehead atoms. The first-order valence-electron chi connectivity index (χ1n) is 1.63. The molecular formula is C2H6Cl2GeHf. The Hall–Kier alpha value is 1.99. The van der Waals surface area contributed by atoms with Gasteiger partial charge in [0.05, 0.1) is 0 Å². The topological polar surface area (TPSA) is 0 Å². The average molecular weight is 352 g/mol. The average Bonchev–Trinajstić information content (AvgIpc) is 1.36. The van der Waals surface area contributed by atoms with Crippen LogP contribution in [-0.2, 0) is 16.0 Å². The Morgan fingerprint density at radius 1 is 1.33 bits per heavy atom. The van der Waals surface area contributed by atoms with Crippen LogP contribution in [0.25, 0.3) is 0 Å². The molecule has 0 aromatic rings. The molecule has 0 aromatic heterocycles. The maximum atomic E-state index is 5.67. The van der Waals surface area contributed by atoms with Crippen molar-refractivity contribution in [1.82, 2.24) is 0 Å². The quantitative estimate of drug-likeness (QED) is 0.587. The van der Waals surface area contributed by atoms with E-state index in [1.54, 1.807) is 0 Å². The second-order valence-electron chi connectivity index (χ2n) is 1.26. The van der Waals surface area contributed by atoms with Crippen molar-refractivity contribution >= 4 is 27.2 Å². The zero-order valence-corrected chi connectivity index (χ0v) is 11.0. The molecule has 6 heavy (non-hydrogen) atoms. The van der Waals surface area contributed by atoms with E-state index in [-0.39, 0.29) is 0 Å². The SMILES string of the molecule is [CH3][Ge]([CH3])=[Hf]([Cl])[Cl]. The minimum atomic E-state index is -1.72.